The van der Waals surface area contributed by atoms with E-state index in [0.717, 1.165) is 30.1 Å². The highest BCUT2D eigenvalue weighted by Crippen LogP contribution is 2.30. The van der Waals surface area contributed by atoms with Crippen molar-refractivity contribution < 1.29 is 4.79 Å². The maximum Gasteiger partial charge on any atom is 0.319 e. The van der Waals surface area contributed by atoms with Crippen LogP contribution in [-0.2, 0) is 0 Å². The van der Waals surface area contributed by atoms with Crippen LogP contribution >= 0.6 is 23.3 Å². The van der Waals surface area contributed by atoms with Crippen molar-refractivity contribution in [2.24, 2.45) is 0 Å². The molecule has 94 valence electrons. The molecule has 1 fully saturated rings. The van der Waals surface area contributed by atoms with Crippen molar-refractivity contribution in [2.75, 3.05) is 5.32 Å². The molecule has 0 unspecified atom stereocenters. The average Bonchev–Trinajstić information content (AvgIpc) is 2.76. The van der Waals surface area contributed by atoms with E-state index in [1.54, 1.807) is 12.1 Å². The standard InChI is InChI=1S/C11H11ClN4OS/c12-7-4-5-8-10(16-18-15-8)9(7)14-11(17)13-6-2-1-3-6/h4-6H,1-3H2,(H2,13,14,17). The van der Waals surface area contributed by atoms with Gasteiger partial charge in [0.15, 0.2) is 0 Å². The van der Waals surface area contributed by atoms with Crippen LogP contribution in [-0.4, -0.2) is 20.8 Å². The first-order valence-corrected chi connectivity index (χ1v) is 6.83. The molecule has 3 rings (SSSR count). The summed E-state index contributed by atoms with van der Waals surface area (Å²) in [6.45, 7) is 0. The number of hydrogen-bond acceptors (Lipinski definition) is 4. The van der Waals surface area contributed by atoms with Gasteiger partial charge in [0.05, 0.1) is 22.4 Å². The normalized spacial score (nSPS) is 15.4. The third-order valence-electron chi connectivity index (χ3n) is 3.06. The van der Waals surface area contributed by atoms with Crippen LogP contribution in [0.5, 0.6) is 0 Å². The number of aromatic nitrogens is 2. The molecule has 1 aliphatic carbocycles. The number of nitrogens with zero attached hydrogens (tertiary/aromatic N) is 2. The number of urea groups is 1. The van der Waals surface area contributed by atoms with E-state index in [1.165, 1.54) is 6.42 Å². The zero-order chi connectivity index (χ0) is 12.5. The third-order valence-corrected chi connectivity index (χ3v) is 3.91. The maximum atomic E-state index is 11.8. The molecule has 7 heteroatoms. The summed E-state index contributed by atoms with van der Waals surface area (Å²) in [4.78, 5) is 11.8. The number of hydrogen-bond donors (Lipinski definition) is 2. The number of fused-ring (bicyclic) bond motifs is 1. The second-order valence-corrected chi connectivity index (χ2v) is 5.22. The lowest BCUT2D eigenvalue weighted by atomic mass is 9.93. The molecule has 0 saturated heterocycles. The van der Waals surface area contributed by atoms with Crippen LogP contribution in [0.25, 0.3) is 11.0 Å². The van der Waals surface area contributed by atoms with E-state index in [9.17, 15) is 4.79 Å². The molecule has 18 heavy (non-hydrogen) atoms. The highest BCUT2D eigenvalue weighted by Gasteiger charge is 2.20. The molecule has 0 radical (unpaired) electrons. The summed E-state index contributed by atoms with van der Waals surface area (Å²) in [6, 6.07) is 3.55. The van der Waals surface area contributed by atoms with Crippen molar-refractivity contribution >= 4 is 46.1 Å². The zero-order valence-corrected chi connectivity index (χ0v) is 11.0. The smallest absolute Gasteiger partial charge is 0.319 e. The van der Waals surface area contributed by atoms with E-state index in [0.29, 0.717) is 16.2 Å². The van der Waals surface area contributed by atoms with Crippen LogP contribution < -0.4 is 10.6 Å². The number of benzene rings is 1. The first kappa shape index (κ1) is 11.7. The predicted octanol–water partition coefficient (Wildman–Crippen LogP) is 3.02. The first-order valence-electron chi connectivity index (χ1n) is 5.72. The van der Waals surface area contributed by atoms with Gasteiger partial charge in [0.1, 0.15) is 11.0 Å². The molecule has 1 aliphatic rings. The van der Waals surface area contributed by atoms with Gasteiger partial charge in [-0.3, -0.25) is 0 Å². The van der Waals surface area contributed by atoms with E-state index >= 15 is 0 Å². The Balaban J connectivity index is 1.82. The second kappa shape index (κ2) is 4.70. The number of carbonyl (C=O) groups is 1. The number of halogens is 1. The summed E-state index contributed by atoms with van der Waals surface area (Å²) in [5, 5.41) is 6.13. The molecule has 2 amide bonds. The van der Waals surface area contributed by atoms with Crippen LogP contribution in [0.2, 0.25) is 5.02 Å². The van der Waals surface area contributed by atoms with Gasteiger partial charge in [0.2, 0.25) is 0 Å². The van der Waals surface area contributed by atoms with Crippen molar-refractivity contribution in [2.45, 2.75) is 25.3 Å². The van der Waals surface area contributed by atoms with Gasteiger partial charge in [-0.2, -0.15) is 8.75 Å². The van der Waals surface area contributed by atoms with E-state index < -0.39 is 0 Å². The Hall–Kier alpha value is -1.40. The van der Waals surface area contributed by atoms with Gasteiger partial charge < -0.3 is 10.6 Å². The largest absolute Gasteiger partial charge is 0.335 e. The SMILES string of the molecule is O=C(Nc1c(Cl)ccc2nsnc12)NC1CCC1. The Morgan fingerprint density at radius 3 is 2.94 bits per heavy atom. The Morgan fingerprint density at radius 2 is 2.22 bits per heavy atom. The summed E-state index contributed by atoms with van der Waals surface area (Å²) >= 11 is 7.19. The van der Waals surface area contributed by atoms with E-state index in [4.69, 9.17) is 11.6 Å². The molecule has 5 nitrogen and oxygen atoms in total. The van der Waals surface area contributed by atoms with Crippen molar-refractivity contribution in [1.82, 2.24) is 14.1 Å². The van der Waals surface area contributed by atoms with E-state index in [2.05, 4.69) is 19.4 Å². The van der Waals surface area contributed by atoms with Crippen LogP contribution in [0.3, 0.4) is 0 Å². The minimum absolute atomic E-state index is 0.234. The Kier molecular flexibility index (Phi) is 3.05. The molecule has 2 N–H and O–H groups in total. The summed E-state index contributed by atoms with van der Waals surface area (Å²) < 4.78 is 8.27. The van der Waals surface area contributed by atoms with Gasteiger partial charge in [-0.25, -0.2) is 4.79 Å². The third kappa shape index (κ3) is 2.13. The fraction of sp³-hybridized carbons (Fsp3) is 0.364. The van der Waals surface area contributed by atoms with Gasteiger partial charge in [-0.1, -0.05) is 11.6 Å². The Labute approximate surface area is 113 Å². The monoisotopic (exact) mass is 282 g/mol. The van der Waals surface area contributed by atoms with Crippen LogP contribution in [0, 0.1) is 0 Å². The van der Waals surface area contributed by atoms with Crippen LogP contribution in [0.4, 0.5) is 10.5 Å². The Morgan fingerprint density at radius 1 is 1.39 bits per heavy atom. The number of nitrogens with one attached hydrogen (secondary N) is 2. The number of carbonyl (C=O) groups excluding carboxylic acids is 1. The maximum absolute atomic E-state index is 11.8. The molecular weight excluding hydrogens is 272 g/mol. The van der Waals surface area contributed by atoms with Crippen molar-refractivity contribution in [3.05, 3.63) is 17.2 Å². The lowest BCUT2D eigenvalue weighted by molar-refractivity contribution is 0.240. The Bertz CT molecular complexity index is 596. The lowest BCUT2D eigenvalue weighted by Gasteiger charge is -2.26. The highest BCUT2D eigenvalue weighted by molar-refractivity contribution is 7.00. The summed E-state index contributed by atoms with van der Waals surface area (Å²) in [6.07, 6.45) is 3.27. The molecule has 2 aromatic rings. The molecule has 0 spiro atoms. The molecule has 1 saturated carbocycles. The molecule has 0 bridgehead atoms. The van der Waals surface area contributed by atoms with E-state index in [1.807, 2.05) is 0 Å². The van der Waals surface area contributed by atoms with Crippen LogP contribution in [0.1, 0.15) is 19.3 Å². The summed E-state index contributed by atoms with van der Waals surface area (Å²) in [7, 11) is 0. The molecule has 0 aliphatic heterocycles. The van der Waals surface area contributed by atoms with Crippen molar-refractivity contribution in [3.63, 3.8) is 0 Å². The fourth-order valence-corrected chi connectivity index (χ4v) is 2.58. The minimum Gasteiger partial charge on any atom is -0.335 e. The van der Waals surface area contributed by atoms with Gasteiger partial charge in [-0.05, 0) is 31.4 Å². The molecule has 1 aromatic heterocycles. The average molecular weight is 283 g/mol. The zero-order valence-electron chi connectivity index (χ0n) is 9.44. The minimum atomic E-state index is -0.234. The van der Waals surface area contributed by atoms with Crippen molar-refractivity contribution in [1.29, 1.82) is 0 Å². The summed E-state index contributed by atoms with van der Waals surface area (Å²) in [5.41, 5.74) is 1.90. The van der Waals surface area contributed by atoms with Crippen molar-refractivity contribution in [3.8, 4) is 0 Å². The number of anilines is 1. The number of rotatable bonds is 2. The quantitative estimate of drug-likeness (QED) is 0.890. The lowest BCUT2D eigenvalue weighted by Crippen LogP contribution is -2.41. The first-order chi connectivity index (χ1) is 8.74. The van der Waals surface area contributed by atoms with Crippen LogP contribution in [0.15, 0.2) is 12.1 Å². The fourth-order valence-electron chi connectivity index (χ4n) is 1.83. The molecule has 0 atom stereocenters. The second-order valence-electron chi connectivity index (χ2n) is 4.28. The van der Waals surface area contributed by atoms with Gasteiger partial charge in [0, 0.05) is 6.04 Å². The molecule has 1 heterocycles. The predicted molar refractivity (Wildman–Crippen MR) is 72.2 cm³/mol. The molecule has 1 aromatic carbocycles. The topological polar surface area (TPSA) is 66.9 Å². The van der Waals surface area contributed by atoms with Gasteiger partial charge in [0.25, 0.3) is 0 Å². The molecular formula is C11H11ClN4OS. The van der Waals surface area contributed by atoms with Gasteiger partial charge >= 0.3 is 6.03 Å². The number of amides is 2. The highest BCUT2D eigenvalue weighted by atomic mass is 35.5. The van der Waals surface area contributed by atoms with E-state index in [-0.39, 0.29) is 12.1 Å². The van der Waals surface area contributed by atoms with Gasteiger partial charge in [-0.15, -0.1) is 0 Å². The summed E-state index contributed by atoms with van der Waals surface area (Å²) in [5.74, 6) is 0.